The Morgan fingerprint density at radius 3 is 2.59 bits per heavy atom. The molecule has 3 rings (SSSR count). The maximum atomic E-state index is 11.6. The lowest BCUT2D eigenvalue weighted by molar-refractivity contribution is -0.117. The van der Waals surface area contributed by atoms with Crippen LogP contribution in [-0.4, -0.2) is 16.1 Å². The second-order valence-electron chi connectivity index (χ2n) is 5.04. The molecule has 5 heteroatoms. The number of aromatic nitrogens is 2. The van der Waals surface area contributed by atoms with Crippen LogP contribution in [0.2, 0.25) is 0 Å². The third kappa shape index (κ3) is 2.65. The average Bonchev–Trinajstić information content (AvgIpc) is 3.12. The fourth-order valence-electron chi connectivity index (χ4n) is 2.35. The van der Waals surface area contributed by atoms with E-state index in [4.69, 9.17) is 0 Å². The fourth-order valence-corrected chi connectivity index (χ4v) is 3.27. The molecule has 2 aliphatic carbocycles. The second-order valence-corrected chi connectivity index (χ2v) is 6.05. The number of rotatable bonds is 3. The third-order valence-corrected chi connectivity index (χ3v) is 4.57. The van der Waals surface area contributed by atoms with Gasteiger partial charge in [0.1, 0.15) is 5.01 Å². The van der Waals surface area contributed by atoms with Crippen molar-refractivity contribution in [2.75, 3.05) is 5.32 Å². The summed E-state index contributed by atoms with van der Waals surface area (Å²) in [6.07, 6.45) is 8.46. The highest BCUT2D eigenvalue weighted by atomic mass is 32.1. The molecule has 1 N–H and O–H groups in total. The molecular formula is C12H17N3OS. The number of nitrogens with zero attached hydrogens (tertiary/aromatic N) is 2. The van der Waals surface area contributed by atoms with Crippen molar-refractivity contribution in [3.63, 3.8) is 0 Å². The predicted molar refractivity (Wildman–Crippen MR) is 67.1 cm³/mol. The summed E-state index contributed by atoms with van der Waals surface area (Å²) in [6, 6.07) is 0. The van der Waals surface area contributed by atoms with Crippen LogP contribution in [0.15, 0.2) is 0 Å². The van der Waals surface area contributed by atoms with E-state index in [9.17, 15) is 4.79 Å². The van der Waals surface area contributed by atoms with Crippen LogP contribution in [0.3, 0.4) is 0 Å². The summed E-state index contributed by atoms with van der Waals surface area (Å²) in [5.41, 5.74) is 0. The van der Waals surface area contributed by atoms with Crippen molar-refractivity contribution in [3.8, 4) is 0 Å². The number of nitrogens with one attached hydrogen (secondary N) is 1. The lowest BCUT2D eigenvalue weighted by Gasteiger charge is -2.18. The van der Waals surface area contributed by atoms with Crippen LogP contribution in [0, 0.1) is 5.92 Å². The molecule has 0 unspecified atom stereocenters. The minimum atomic E-state index is 0.122. The van der Waals surface area contributed by atoms with Crippen LogP contribution in [0.5, 0.6) is 0 Å². The third-order valence-electron chi connectivity index (χ3n) is 3.57. The van der Waals surface area contributed by atoms with Crippen molar-refractivity contribution >= 4 is 22.4 Å². The summed E-state index contributed by atoms with van der Waals surface area (Å²) in [6.45, 7) is 0. The highest BCUT2D eigenvalue weighted by Crippen LogP contribution is 2.36. The first-order valence-electron chi connectivity index (χ1n) is 6.47. The van der Waals surface area contributed by atoms with Gasteiger partial charge in [0.15, 0.2) is 0 Å². The van der Waals surface area contributed by atoms with Gasteiger partial charge in [-0.25, -0.2) is 0 Å². The van der Waals surface area contributed by atoms with Crippen molar-refractivity contribution in [1.82, 2.24) is 10.2 Å². The molecule has 92 valence electrons. The van der Waals surface area contributed by atoms with Gasteiger partial charge in [-0.15, -0.1) is 10.2 Å². The van der Waals surface area contributed by atoms with Gasteiger partial charge in [-0.2, -0.15) is 0 Å². The van der Waals surface area contributed by atoms with E-state index in [1.54, 1.807) is 11.3 Å². The first-order chi connectivity index (χ1) is 8.33. The molecule has 17 heavy (non-hydrogen) atoms. The van der Waals surface area contributed by atoms with Gasteiger partial charge >= 0.3 is 0 Å². The fraction of sp³-hybridized carbons (Fsp3) is 0.750. The van der Waals surface area contributed by atoms with E-state index in [0.717, 1.165) is 17.8 Å². The van der Waals surface area contributed by atoms with Crippen LogP contribution in [-0.2, 0) is 4.79 Å². The maximum Gasteiger partial charge on any atom is 0.229 e. The minimum Gasteiger partial charge on any atom is -0.300 e. The molecule has 0 saturated heterocycles. The smallest absolute Gasteiger partial charge is 0.229 e. The molecule has 0 radical (unpaired) electrons. The van der Waals surface area contributed by atoms with Gasteiger partial charge in [0.2, 0.25) is 11.0 Å². The Morgan fingerprint density at radius 1 is 1.12 bits per heavy atom. The Kier molecular flexibility index (Phi) is 3.09. The molecule has 2 saturated carbocycles. The highest BCUT2D eigenvalue weighted by Gasteiger charge is 2.30. The summed E-state index contributed by atoms with van der Waals surface area (Å²) < 4.78 is 0. The zero-order valence-corrected chi connectivity index (χ0v) is 10.6. The number of amides is 1. The van der Waals surface area contributed by atoms with E-state index in [-0.39, 0.29) is 11.8 Å². The summed E-state index contributed by atoms with van der Waals surface area (Å²) >= 11 is 1.56. The Labute approximate surface area is 105 Å². The molecule has 1 aromatic rings. The monoisotopic (exact) mass is 251 g/mol. The Balaban J connectivity index is 1.62. The predicted octanol–water partition coefficient (Wildman–Crippen LogP) is 2.93. The maximum absolute atomic E-state index is 11.6. The molecule has 0 spiro atoms. The molecule has 0 aromatic carbocycles. The first kappa shape index (κ1) is 11.1. The van der Waals surface area contributed by atoms with E-state index in [2.05, 4.69) is 15.5 Å². The molecular weight excluding hydrogens is 234 g/mol. The Hall–Kier alpha value is -0.970. The largest absolute Gasteiger partial charge is 0.300 e. The van der Waals surface area contributed by atoms with Gasteiger partial charge in [0, 0.05) is 11.8 Å². The molecule has 1 aromatic heterocycles. The van der Waals surface area contributed by atoms with E-state index >= 15 is 0 Å². The van der Waals surface area contributed by atoms with Crippen molar-refractivity contribution < 1.29 is 4.79 Å². The molecule has 2 fully saturated rings. The molecule has 4 nitrogen and oxygen atoms in total. The average molecular weight is 251 g/mol. The Morgan fingerprint density at radius 2 is 1.88 bits per heavy atom. The SMILES string of the molecule is O=C(Nc1nnc(C2CCCCC2)s1)C1CC1. The van der Waals surface area contributed by atoms with Crippen LogP contribution < -0.4 is 5.32 Å². The Bertz CT molecular complexity index is 408. The van der Waals surface area contributed by atoms with E-state index < -0.39 is 0 Å². The zero-order valence-electron chi connectivity index (χ0n) is 9.82. The number of carbonyl (C=O) groups is 1. The molecule has 1 amide bonds. The molecule has 2 aliphatic rings. The summed E-state index contributed by atoms with van der Waals surface area (Å²) in [4.78, 5) is 11.6. The van der Waals surface area contributed by atoms with E-state index in [0.29, 0.717) is 11.0 Å². The number of anilines is 1. The van der Waals surface area contributed by atoms with Gasteiger partial charge in [0.05, 0.1) is 0 Å². The number of hydrogen-bond donors (Lipinski definition) is 1. The first-order valence-corrected chi connectivity index (χ1v) is 7.29. The van der Waals surface area contributed by atoms with E-state index in [1.807, 2.05) is 0 Å². The quantitative estimate of drug-likeness (QED) is 0.898. The van der Waals surface area contributed by atoms with Gasteiger partial charge in [0.25, 0.3) is 0 Å². The van der Waals surface area contributed by atoms with Crippen molar-refractivity contribution in [2.45, 2.75) is 50.9 Å². The minimum absolute atomic E-state index is 0.122. The normalized spacial score (nSPS) is 21.4. The second kappa shape index (κ2) is 4.72. The highest BCUT2D eigenvalue weighted by molar-refractivity contribution is 7.15. The lowest BCUT2D eigenvalue weighted by atomic mass is 9.90. The standard InChI is InChI=1S/C12H17N3OS/c16-10(8-6-7-8)13-12-15-14-11(17-12)9-4-2-1-3-5-9/h8-9H,1-7H2,(H,13,15,16). The lowest BCUT2D eigenvalue weighted by Crippen LogP contribution is -2.12. The van der Waals surface area contributed by atoms with Crippen LogP contribution in [0.1, 0.15) is 55.9 Å². The molecule has 0 aliphatic heterocycles. The van der Waals surface area contributed by atoms with Gasteiger partial charge in [-0.1, -0.05) is 30.6 Å². The van der Waals surface area contributed by atoms with Crippen LogP contribution in [0.25, 0.3) is 0 Å². The van der Waals surface area contributed by atoms with Crippen molar-refractivity contribution in [1.29, 1.82) is 0 Å². The van der Waals surface area contributed by atoms with Crippen LogP contribution >= 0.6 is 11.3 Å². The van der Waals surface area contributed by atoms with E-state index in [1.165, 1.54) is 32.1 Å². The molecule has 0 bridgehead atoms. The van der Waals surface area contributed by atoms with Crippen molar-refractivity contribution in [3.05, 3.63) is 5.01 Å². The number of hydrogen-bond acceptors (Lipinski definition) is 4. The summed E-state index contributed by atoms with van der Waals surface area (Å²) in [5.74, 6) is 0.932. The number of carbonyl (C=O) groups excluding carboxylic acids is 1. The molecule has 0 atom stereocenters. The topological polar surface area (TPSA) is 54.9 Å². The summed E-state index contributed by atoms with van der Waals surface area (Å²) in [5, 5.41) is 13.0. The van der Waals surface area contributed by atoms with Crippen LogP contribution in [0.4, 0.5) is 5.13 Å². The molecule has 1 heterocycles. The van der Waals surface area contributed by atoms with Gasteiger partial charge in [-0.3, -0.25) is 4.79 Å². The van der Waals surface area contributed by atoms with Crippen molar-refractivity contribution in [2.24, 2.45) is 5.92 Å². The zero-order chi connectivity index (χ0) is 11.7. The summed E-state index contributed by atoms with van der Waals surface area (Å²) in [7, 11) is 0. The van der Waals surface area contributed by atoms with Gasteiger partial charge < -0.3 is 5.32 Å². The van der Waals surface area contributed by atoms with Gasteiger partial charge in [-0.05, 0) is 25.7 Å².